The van der Waals surface area contributed by atoms with Gasteiger partial charge in [-0.25, -0.2) is 0 Å². The van der Waals surface area contributed by atoms with Crippen molar-refractivity contribution in [1.82, 2.24) is 20.6 Å². The highest BCUT2D eigenvalue weighted by Crippen LogP contribution is 2.68. The Hall–Kier alpha value is -0.970. The van der Waals surface area contributed by atoms with E-state index in [9.17, 15) is 5.11 Å². The summed E-state index contributed by atoms with van der Waals surface area (Å²) in [6.07, 6.45) is 12.5. The molecular weight excluding hydrogens is 372 g/mol. The summed E-state index contributed by atoms with van der Waals surface area (Å²) in [6.45, 7) is 10.1. The maximum atomic E-state index is 11.4. The van der Waals surface area contributed by atoms with Crippen molar-refractivity contribution < 1.29 is 5.11 Å². The molecule has 4 aliphatic carbocycles. The predicted molar refractivity (Wildman–Crippen MR) is 117 cm³/mol. The number of aromatic nitrogens is 4. The van der Waals surface area contributed by atoms with Gasteiger partial charge in [-0.3, -0.25) is 0 Å². The smallest absolute Gasteiger partial charge is 0.174 e. The number of aliphatic hydroxyl groups is 1. The van der Waals surface area contributed by atoms with Crippen LogP contribution in [0.3, 0.4) is 0 Å². The summed E-state index contributed by atoms with van der Waals surface area (Å²) in [6, 6.07) is 0. The summed E-state index contributed by atoms with van der Waals surface area (Å²) in [5.74, 6) is 5.86. The van der Waals surface area contributed by atoms with Gasteiger partial charge in [0.15, 0.2) is 5.82 Å². The van der Waals surface area contributed by atoms with E-state index in [4.69, 9.17) is 0 Å². The van der Waals surface area contributed by atoms with Crippen molar-refractivity contribution in [2.24, 2.45) is 52.3 Å². The zero-order chi connectivity index (χ0) is 21.1. The lowest BCUT2D eigenvalue weighted by Gasteiger charge is -2.62. The van der Waals surface area contributed by atoms with Gasteiger partial charge >= 0.3 is 0 Å². The van der Waals surface area contributed by atoms with E-state index in [1.54, 1.807) is 0 Å². The zero-order valence-electron chi connectivity index (χ0n) is 19.5. The standard InChI is InChI=1S/C25H42N4O/c1-15-9-11-24(3)17(13-15)14-21(30)23-19-7-6-18(25(19,4)12-10-20(23)24)16(2)5-8-22-26-28-29-27-22/h15-21,23,30H,5-14H2,1-4H3,(H,26,27,28,29)/t15-,16-,17+,18-,19+,20+,21-,23+,24+,25-/m1/s1. The highest BCUT2D eigenvalue weighted by molar-refractivity contribution is 5.11. The molecule has 1 heterocycles. The highest BCUT2D eigenvalue weighted by atomic mass is 16.3. The minimum Gasteiger partial charge on any atom is -0.393 e. The molecule has 5 rings (SSSR count). The van der Waals surface area contributed by atoms with E-state index < -0.39 is 0 Å². The molecular formula is C25H42N4O. The molecule has 4 aliphatic rings. The molecule has 10 atom stereocenters. The van der Waals surface area contributed by atoms with Gasteiger partial charge in [-0.05, 0) is 104 Å². The van der Waals surface area contributed by atoms with Crippen LogP contribution in [0.1, 0.15) is 91.3 Å². The van der Waals surface area contributed by atoms with Crippen molar-refractivity contribution in [3.8, 4) is 0 Å². The number of nitrogens with one attached hydrogen (secondary N) is 1. The minimum atomic E-state index is -0.0728. The van der Waals surface area contributed by atoms with Crippen LogP contribution in [0.25, 0.3) is 0 Å². The lowest BCUT2D eigenvalue weighted by atomic mass is 9.43. The van der Waals surface area contributed by atoms with Crippen molar-refractivity contribution >= 4 is 0 Å². The van der Waals surface area contributed by atoms with Crippen LogP contribution < -0.4 is 0 Å². The summed E-state index contributed by atoms with van der Waals surface area (Å²) in [4.78, 5) is 0. The van der Waals surface area contributed by atoms with Gasteiger partial charge in [-0.1, -0.05) is 39.3 Å². The van der Waals surface area contributed by atoms with E-state index in [1.807, 2.05) is 0 Å². The number of aliphatic hydroxyl groups excluding tert-OH is 1. The van der Waals surface area contributed by atoms with Gasteiger partial charge in [-0.15, -0.1) is 10.2 Å². The number of hydrogen-bond acceptors (Lipinski definition) is 4. The average Bonchev–Trinajstić information content (AvgIpc) is 3.35. The van der Waals surface area contributed by atoms with Crippen LogP contribution in [0, 0.1) is 52.3 Å². The third-order valence-corrected chi connectivity index (χ3v) is 10.9. The van der Waals surface area contributed by atoms with Crippen LogP contribution in [-0.4, -0.2) is 31.8 Å². The zero-order valence-corrected chi connectivity index (χ0v) is 19.5. The Morgan fingerprint density at radius 3 is 2.60 bits per heavy atom. The van der Waals surface area contributed by atoms with Crippen molar-refractivity contribution in [2.75, 3.05) is 0 Å². The summed E-state index contributed by atoms with van der Waals surface area (Å²) >= 11 is 0. The molecule has 5 nitrogen and oxygen atoms in total. The average molecular weight is 415 g/mol. The molecule has 0 bridgehead atoms. The number of H-pyrrole nitrogens is 1. The first-order valence-corrected chi connectivity index (χ1v) is 12.7. The van der Waals surface area contributed by atoms with Crippen LogP contribution in [0.5, 0.6) is 0 Å². The molecule has 0 aromatic carbocycles. The van der Waals surface area contributed by atoms with Crippen molar-refractivity contribution in [1.29, 1.82) is 0 Å². The first-order valence-electron chi connectivity index (χ1n) is 12.7. The normalized spacial score (nSPS) is 49.2. The van der Waals surface area contributed by atoms with Gasteiger partial charge in [0, 0.05) is 6.42 Å². The predicted octanol–water partition coefficient (Wildman–Crippen LogP) is 5.03. The van der Waals surface area contributed by atoms with E-state index in [1.165, 1.54) is 44.9 Å². The third-order valence-electron chi connectivity index (χ3n) is 10.9. The van der Waals surface area contributed by atoms with Crippen LogP contribution >= 0.6 is 0 Å². The van der Waals surface area contributed by atoms with E-state index in [2.05, 4.69) is 48.3 Å². The second-order valence-corrected chi connectivity index (χ2v) is 12.2. The number of fused-ring (bicyclic) bond motifs is 5. The van der Waals surface area contributed by atoms with Gasteiger partial charge in [0.1, 0.15) is 0 Å². The van der Waals surface area contributed by atoms with Crippen molar-refractivity contribution in [3.63, 3.8) is 0 Å². The van der Waals surface area contributed by atoms with E-state index in [-0.39, 0.29) is 6.10 Å². The fourth-order valence-electron chi connectivity index (χ4n) is 9.26. The Morgan fingerprint density at radius 2 is 1.83 bits per heavy atom. The second-order valence-electron chi connectivity index (χ2n) is 12.2. The minimum absolute atomic E-state index is 0.0728. The summed E-state index contributed by atoms with van der Waals surface area (Å²) < 4.78 is 0. The lowest BCUT2D eigenvalue weighted by molar-refractivity contribution is -0.168. The molecule has 4 saturated carbocycles. The van der Waals surface area contributed by atoms with Crippen molar-refractivity contribution in [3.05, 3.63) is 5.82 Å². The van der Waals surface area contributed by atoms with E-state index >= 15 is 0 Å². The fourth-order valence-corrected chi connectivity index (χ4v) is 9.26. The molecule has 0 radical (unpaired) electrons. The van der Waals surface area contributed by atoms with Crippen LogP contribution in [0.2, 0.25) is 0 Å². The number of tetrazole rings is 1. The van der Waals surface area contributed by atoms with Gasteiger partial charge in [0.25, 0.3) is 0 Å². The van der Waals surface area contributed by atoms with Crippen LogP contribution in [-0.2, 0) is 6.42 Å². The molecule has 0 amide bonds. The number of nitrogens with zero attached hydrogens (tertiary/aromatic N) is 3. The Kier molecular flexibility index (Phi) is 5.27. The van der Waals surface area contributed by atoms with Gasteiger partial charge < -0.3 is 5.11 Å². The molecule has 2 N–H and O–H groups in total. The van der Waals surface area contributed by atoms with E-state index in [0.29, 0.717) is 28.6 Å². The summed E-state index contributed by atoms with van der Waals surface area (Å²) in [5.41, 5.74) is 0.865. The lowest BCUT2D eigenvalue weighted by Crippen LogP contribution is -2.58. The SMILES string of the molecule is C[C@@H]1CC[C@@]2(C)[C@@H](C1)C[C@@H](O)[C@@H]1[C@@H]2CC[C@]2(C)[C@@H]([C@H](C)CCc3nn[nH]n3)CC[C@@H]12. The summed E-state index contributed by atoms with van der Waals surface area (Å²) in [5, 5.41) is 26.0. The molecule has 5 heteroatoms. The molecule has 1 aromatic heterocycles. The highest BCUT2D eigenvalue weighted by Gasteiger charge is 2.62. The largest absolute Gasteiger partial charge is 0.393 e. The molecule has 0 saturated heterocycles. The van der Waals surface area contributed by atoms with Crippen LogP contribution in [0.4, 0.5) is 0 Å². The number of aryl methyl sites for hydroxylation is 1. The number of hydrogen-bond donors (Lipinski definition) is 2. The molecule has 0 unspecified atom stereocenters. The maximum Gasteiger partial charge on any atom is 0.174 e. The Balaban J connectivity index is 1.34. The monoisotopic (exact) mass is 414 g/mol. The molecule has 0 aliphatic heterocycles. The molecule has 168 valence electrons. The van der Waals surface area contributed by atoms with Crippen molar-refractivity contribution in [2.45, 2.75) is 98.0 Å². The number of rotatable bonds is 4. The van der Waals surface area contributed by atoms with Gasteiger partial charge in [0.05, 0.1) is 6.10 Å². The first kappa shape index (κ1) is 20.9. The quantitative estimate of drug-likeness (QED) is 0.724. The third kappa shape index (κ3) is 3.17. The second kappa shape index (κ2) is 7.56. The first-order chi connectivity index (χ1) is 14.3. The molecule has 4 fully saturated rings. The Labute approximate surface area is 182 Å². The Bertz CT molecular complexity index is 738. The topological polar surface area (TPSA) is 74.7 Å². The molecule has 1 aromatic rings. The number of aromatic amines is 1. The van der Waals surface area contributed by atoms with Gasteiger partial charge in [0.2, 0.25) is 0 Å². The fraction of sp³-hybridized carbons (Fsp3) is 0.960. The maximum absolute atomic E-state index is 11.4. The van der Waals surface area contributed by atoms with Crippen LogP contribution in [0.15, 0.2) is 0 Å². The summed E-state index contributed by atoms with van der Waals surface area (Å²) in [7, 11) is 0. The Morgan fingerprint density at radius 1 is 1.07 bits per heavy atom. The van der Waals surface area contributed by atoms with E-state index in [0.717, 1.165) is 48.8 Å². The van der Waals surface area contributed by atoms with Gasteiger partial charge in [-0.2, -0.15) is 5.21 Å². The molecule has 0 spiro atoms. The molecule has 30 heavy (non-hydrogen) atoms.